The summed E-state index contributed by atoms with van der Waals surface area (Å²) >= 11 is 3.31. The maximum absolute atomic E-state index is 11.0. The van der Waals surface area contributed by atoms with Gasteiger partial charge in [0.05, 0.1) is 4.92 Å². The van der Waals surface area contributed by atoms with Gasteiger partial charge in [-0.05, 0) is 24.6 Å². The highest BCUT2D eigenvalue weighted by molar-refractivity contribution is 9.10. The van der Waals surface area contributed by atoms with Crippen LogP contribution in [0.3, 0.4) is 0 Å². The van der Waals surface area contributed by atoms with E-state index in [9.17, 15) is 10.1 Å². The lowest BCUT2D eigenvalue weighted by Crippen LogP contribution is -2.06. The lowest BCUT2D eigenvalue weighted by Gasteiger charge is -2.08. The molecule has 2 rings (SSSR count). The molecular weight excluding hydrogens is 340 g/mol. The van der Waals surface area contributed by atoms with Gasteiger partial charge in [0, 0.05) is 11.0 Å². The Labute approximate surface area is 129 Å². The fourth-order valence-corrected chi connectivity index (χ4v) is 1.90. The van der Waals surface area contributed by atoms with Crippen LogP contribution in [0.25, 0.3) is 0 Å². The summed E-state index contributed by atoms with van der Waals surface area (Å²) in [6.45, 7) is 2.67. The second-order valence-corrected chi connectivity index (χ2v) is 5.04. The molecule has 0 aliphatic rings. The molecule has 0 spiro atoms. The number of nitrogens with zero attached hydrogens (tertiary/aromatic N) is 3. The molecule has 1 N–H and O–H groups in total. The first-order chi connectivity index (χ1) is 10.1. The van der Waals surface area contributed by atoms with Crippen molar-refractivity contribution in [1.82, 2.24) is 9.97 Å². The number of aromatic nitrogens is 2. The minimum atomic E-state index is -0.573. The SMILES string of the molecule is CCCNc1ncc([N+](=O)[O-])c(Oc2cccc(Br)c2)n1. The van der Waals surface area contributed by atoms with Gasteiger partial charge in [0.1, 0.15) is 11.9 Å². The van der Waals surface area contributed by atoms with Crippen molar-refractivity contribution >= 4 is 27.6 Å². The summed E-state index contributed by atoms with van der Waals surface area (Å²) in [5, 5.41) is 14.0. The van der Waals surface area contributed by atoms with Gasteiger partial charge in [0.15, 0.2) is 0 Å². The monoisotopic (exact) mass is 352 g/mol. The van der Waals surface area contributed by atoms with Gasteiger partial charge in [-0.3, -0.25) is 10.1 Å². The minimum Gasteiger partial charge on any atom is -0.434 e. The van der Waals surface area contributed by atoms with Crippen molar-refractivity contribution in [3.8, 4) is 11.6 Å². The van der Waals surface area contributed by atoms with Crippen molar-refractivity contribution in [1.29, 1.82) is 0 Å². The van der Waals surface area contributed by atoms with E-state index in [0.717, 1.165) is 17.1 Å². The molecule has 21 heavy (non-hydrogen) atoms. The lowest BCUT2D eigenvalue weighted by molar-refractivity contribution is -0.386. The van der Waals surface area contributed by atoms with Crippen LogP contribution in [0.5, 0.6) is 11.6 Å². The first kappa shape index (κ1) is 15.2. The van der Waals surface area contributed by atoms with Crippen molar-refractivity contribution in [3.63, 3.8) is 0 Å². The maximum atomic E-state index is 11.0. The predicted octanol–water partition coefficient (Wildman–Crippen LogP) is 3.76. The Bertz CT molecular complexity index is 651. The first-order valence-corrected chi connectivity index (χ1v) is 7.08. The number of anilines is 1. The summed E-state index contributed by atoms with van der Waals surface area (Å²) in [6, 6.07) is 6.99. The molecule has 0 fully saturated rings. The van der Waals surface area contributed by atoms with Crippen LogP contribution in [0.2, 0.25) is 0 Å². The van der Waals surface area contributed by atoms with Gasteiger partial charge in [-0.15, -0.1) is 0 Å². The van der Waals surface area contributed by atoms with E-state index in [1.807, 2.05) is 13.0 Å². The molecule has 1 heterocycles. The summed E-state index contributed by atoms with van der Waals surface area (Å²) in [6.07, 6.45) is 2.03. The second-order valence-electron chi connectivity index (χ2n) is 4.13. The Hall–Kier alpha value is -2.22. The Morgan fingerprint density at radius 3 is 2.95 bits per heavy atom. The van der Waals surface area contributed by atoms with E-state index in [4.69, 9.17) is 4.74 Å². The zero-order chi connectivity index (χ0) is 15.2. The van der Waals surface area contributed by atoms with E-state index >= 15 is 0 Å². The van der Waals surface area contributed by atoms with Crippen molar-refractivity contribution in [2.75, 3.05) is 11.9 Å². The van der Waals surface area contributed by atoms with E-state index in [-0.39, 0.29) is 11.6 Å². The fraction of sp³-hybridized carbons (Fsp3) is 0.231. The van der Waals surface area contributed by atoms with E-state index in [1.165, 1.54) is 0 Å². The number of ether oxygens (including phenoxy) is 1. The summed E-state index contributed by atoms with van der Waals surface area (Å²) in [5.41, 5.74) is -0.281. The number of hydrogen-bond acceptors (Lipinski definition) is 6. The number of benzene rings is 1. The molecule has 7 nitrogen and oxygen atoms in total. The quantitative estimate of drug-likeness (QED) is 0.628. The molecule has 110 valence electrons. The Morgan fingerprint density at radius 2 is 2.29 bits per heavy atom. The van der Waals surface area contributed by atoms with E-state index in [0.29, 0.717) is 18.2 Å². The van der Waals surface area contributed by atoms with Crippen LogP contribution < -0.4 is 10.1 Å². The van der Waals surface area contributed by atoms with Gasteiger partial charge in [0.25, 0.3) is 0 Å². The Kier molecular flexibility index (Phi) is 5.04. The third kappa shape index (κ3) is 4.12. The molecule has 2 aromatic rings. The number of hydrogen-bond donors (Lipinski definition) is 1. The largest absolute Gasteiger partial charge is 0.434 e. The summed E-state index contributed by atoms with van der Waals surface area (Å²) < 4.78 is 6.32. The van der Waals surface area contributed by atoms with Gasteiger partial charge in [-0.1, -0.05) is 28.9 Å². The topological polar surface area (TPSA) is 90.2 Å². The van der Waals surface area contributed by atoms with Gasteiger partial charge < -0.3 is 10.1 Å². The summed E-state index contributed by atoms with van der Waals surface area (Å²) in [7, 11) is 0. The third-order valence-electron chi connectivity index (χ3n) is 2.48. The lowest BCUT2D eigenvalue weighted by atomic mass is 10.3. The molecule has 0 radical (unpaired) electrons. The maximum Gasteiger partial charge on any atom is 0.349 e. The second kappa shape index (κ2) is 6.98. The highest BCUT2D eigenvalue weighted by Gasteiger charge is 2.19. The predicted molar refractivity (Wildman–Crippen MR) is 81.7 cm³/mol. The van der Waals surface area contributed by atoms with E-state index in [2.05, 4.69) is 31.2 Å². The van der Waals surface area contributed by atoms with Crippen molar-refractivity contribution in [2.24, 2.45) is 0 Å². The van der Waals surface area contributed by atoms with Crippen molar-refractivity contribution < 1.29 is 9.66 Å². The smallest absolute Gasteiger partial charge is 0.349 e. The van der Waals surface area contributed by atoms with Gasteiger partial charge in [0.2, 0.25) is 5.95 Å². The Morgan fingerprint density at radius 1 is 1.48 bits per heavy atom. The molecule has 1 aromatic carbocycles. The van der Waals surface area contributed by atoms with Crippen LogP contribution in [0, 0.1) is 10.1 Å². The fourth-order valence-electron chi connectivity index (χ4n) is 1.52. The molecule has 0 amide bonds. The van der Waals surface area contributed by atoms with Gasteiger partial charge in [-0.2, -0.15) is 4.98 Å². The molecule has 0 unspecified atom stereocenters. The van der Waals surface area contributed by atoms with E-state index < -0.39 is 4.92 Å². The van der Waals surface area contributed by atoms with Crippen molar-refractivity contribution in [2.45, 2.75) is 13.3 Å². The van der Waals surface area contributed by atoms with Crippen LogP contribution in [-0.2, 0) is 0 Å². The van der Waals surface area contributed by atoms with Crippen LogP contribution >= 0.6 is 15.9 Å². The molecule has 0 saturated heterocycles. The average Bonchev–Trinajstić information content (AvgIpc) is 2.45. The molecule has 0 bridgehead atoms. The van der Waals surface area contributed by atoms with Crippen molar-refractivity contribution in [3.05, 3.63) is 45.0 Å². The number of rotatable bonds is 6. The normalized spacial score (nSPS) is 10.2. The molecule has 0 aliphatic heterocycles. The van der Waals surface area contributed by atoms with Gasteiger partial charge in [-0.25, -0.2) is 4.98 Å². The van der Waals surface area contributed by atoms with Crippen LogP contribution in [0.1, 0.15) is 13.3 Å². The van der Waals surface area contributed by atoms with E-state index in [1.54, 1.807) is 18.2 Å². The molecular formula is C13H13BrN4O3. The zero-order valence-corrected chi connectivity index (χ0v) is 12.8. The van der Waals surface area contributed by atoms with Crippen LogP contribution in [-0.4, -0.2) is 21.4 Å². The number of nitro groups is 1. The highest BCUT2D eigenvalue weighted by Crippen LogP contribution is 2.30. The van der Waals surface area contributed by atoms with Crippen LogP contribution in [0.15, 0.2) is 34.9 Å². The standard InChI is InChI=1S/C13H13BrN4O3/c1-2-6-15-13-16-8-11(18(19)20)12(17-13)21-10-5-3-4-9(14)7-10/h3-5,7-8H,2,6H2,1H3,(H,15,16,17). The summed E-state index contributed by atoms with van der Waals surface area (Å²) in [5.74, 6) is 0.659. The molecule has 0 aliphatic carbocycles. The molecule has 8 heteroatoms. The van der Waals surface area contributed by atoms with Crippen LogP contribution in [0.4, 0.5) is 11.6 Å². The average molecular weight is 353 g/mol. The van der Waals surface area contributed by atoms with Gasteiger partial charge >= 0.3 is 11.6 Å². The Balaban J connectivity index is 2.31. The minimum absolute atomic E-state index is 0.0910. The number of halogens is 1. The molecule has 1 aromatic heterocycles. The first-order valence-electron chi connectivity index (χ1n) is 6.29. The molecule has 0 saturated carbocycles. The third-order valence-corrected chi connectivity index (χ3v) is 2.97. The molecule has 0 atom stereocenters. The number of nitrogens with one attached hydrogen (secondary N) is 1. The zero-order valence-electron chi connectivity index (χ0n) is 11.2. The summed E-state index contributed by atoms with van der Waals surface area (Å²) in [4.78, 5) is 18.4. The highest BCUT2D eigenvalue weighted by atomic mass is 79.9.